The minimum absolute atomic E-state index is 0.807. The Bertz CT molecular complexity index is 69.4. The van der Waals surface area contributed by atoms with Gasteiger partial charge in [0, 0.05) is 6.54 Å². The first-order valence-electron chi connectivity index (χ1n) is 5.35. The van der Waals surface area contributed by atoms with Gasteiger partial charge >= 0.3 is 0 Å². The van der Waals surface area contributed by atoms with Crippen molar-refractivity contribution in [3.63, 3.8) is 0 Å². The molecule has 0 aromatic carbocycles. The molecule has 1 nitrogen and oxygen atoms in total. The molecule has 0 saturated heterocycles. The predicted molar refractivity (Wildman–Crippen MR) is 58.6 cm³/mol. The lowest BCUT2D eigenvalue weighted by Gasteiger charge is -2.17. The summed E-state index contributed by atoms with van der Waals surface area (Å²) in [7, 11) is 2.20. The Balaban J connectivity index is 0. The van der Waals surface area contributed by atoms with Crippen molar-refractivity contribution in [1.82, 2.24) is 4.90 Å². The normalized spacial score (nSPS) is 10.0. The lowest BCUT2D eigenvalue weighted by molar-refractivity contribution is 0.291. The topological polar surface area (TPSA) is 3.24 Å². The number of unbranched alkanes of at least 4 members (excludes halogenated alkanes) is 1. The Morgan fingerprint density at radius 3 is 2.00 bits per heavy atom. The van der Waals surface area contributed by atoms with Gasteiger partial charge in [-0.05, 0) is 25.9 Å². The van der Waals surface area contributed by atoms with Gasteiger partial charge in [-0.1, -0.05) is 41.0 Å². The Kier molecular flexibility index (Phi) is 13.2. The van der Waals surface area contributed by atoms with E-state index in [4.69, 9.17) is 0 Å². The highest BCUT2D eigenvalue weighted by atomic mass is 15.1. The van der Waals surface area contributed by atoms with Crippen molar-refractivity contribution in [3.8, 4) is 0 Å². The van der Waals surface area contributed by atoms with Crippen LogP contribution in [-0.2, 0) is 0 Å². The fourth-order valence-corrected chi connectivity index (χ4v) is 1.14. The van der Waals surface area contributed by atoms with Gasteiger partial charge in [0.05, 0.1) is 0 Å². The van der Waals surface area contributed by atoms with Crippen LogP contribution >= 0.6 is 0 Å². The fourth-order valence-electron chi connectivity index (χ4n) is 1.14. The summed E-state index contributed by atoms with van der Waals surface area (Å²) in [5.41, 5.74) is 0. The number of nitrogens with zero attached hydrogens (tertiary/aromatic N) is 1. The zero-order valence-corrected chi connectivity index (χ0v) is 9.85. The van der Waals surface area contributed by atoms with E-state index in [9.17, 15) is 0 Å². The molecule has 0 fully saturated rings. The second-order valence-electron chi connectivity index (χ2n) is 3.51. The number of hydrogen-bond acceptors (Lipinski definition) is 1. The molecule has 0 aliphatic heterocycles. The molecular formula is C11H27N. The molecule has 0 aromatic rings. The maximum absolute atomic E-state index is 2.41. The van der Waals surface area contributed by atoms with Crippen molar-refractivity contribution in [2.45, 2.75) is 47.5 Å². The summed E-state index contributed by atoms with van der Waals surface area (Å²) in [4.78, 5) is 2.41. The number of rotatable bonds is 5. The Hall–Kier alpha value is -0.0400. The molecule has 0 radical (unpaired) electrons. The average Bonchev–Trinajstić information content (AvgIpc) is 2.03. The average molecular weight is 173 g/mol. The van der Waals surface area contributed by atoms with E-state index in [0.717, 1.165) is 5.92 Å². The van der Waals surface area contributed by atoms with Gasteiger partial charge in [0.2, 0.25) is 0 Å². The molecule has 1 heteroatoms. The van der Waals surface area contributed by atoms with Crippen LogP contribution in [0.2, 0.25) is 0 Å². The van der Waals surface area contributed by atoms with E-state index in [1.807, 2.05) is 13.8 Å². The lowest BCUT2D eigenvalue weighted by Crippen LogP contribution is -2.24. The van der Waals surface area contributed by atoms with Gasteiger partial charge < -0.3 is 4.90 Å². The van der Waals surface area contributed by atoms with Crippen LogP contribution in [0.1, 0.15) is 47.5 Å². The van der Waals surface area contributed by atoms with E-state index in [1.54, 1.807) is 0 Å². The fraction of sp³-hybridized carbons (Fsp3) is 1.00. The SMILES string of the molecule is CC.CCCCN(C)CC(C)C. The van der Waals surface area contributed by atoms with Crippen LogP contribution in [-0.4, -0.2) is 25.0 Å². The number of hydrogen-bond donors (Lipinski definition) is 0. The second-order valence-corrected chi connectivity index (χ2v) is 3.51. The Morgan fingerprint density at radius 1 is 1.17 bits per heavy atom. The van der Waals surface area contributed by atoms with E-state index < -0.39 is 0 Å². The van der Waals surface area contributed by atoms with Crippen LogP contribution in [0.5, 0.6) is 0 Å². The predicted octanol–water partition coefficient (Wildman–Crippen LogP) is 3.40. The van der Waals surface area contributed by atoms with E-state index in [0.29, 0.717) is 0 Å². The van der Waals surface area contributed by atoms with Crippen LogP contribution in [0.15, 0.2) is 0 Å². The van der Waals surface area contributed by atoms with E-state index in [-0.39, 0.29) is 0 Å². The first-order valence-corrected chi connectivity index (χ1v) is 5.35. The molecule has 0 aliphatic rings. The van der Waals surface area contributed by atoms with Crippen LogP contribution in [0.4, 0.5) is 0 Å². The van der Waals surface area contributed by atoms with Crippen LogP contribution in [0, 0.1) is 5.92 Å². The van der Waals surface area contributed by atoms with Crippen molar-refractivity contribution >= 4 is 0 Å². The molecule has 0 bridgehead atoms. The monoisotopic (exact) mass is 173 g/mol. The van der Waals surface area contributed by atoms with Crippen molar-refractivity contribution in [2.24, 2.45) is 5.92 Å². The highest BCUT2D eigenvalue weighted by Gasteiger charge is 1.99. The van der Waals surface area contributed by atoms with Crippen molar-refractivity contribution in [3.05, 3.63) is 0 Å². The van der Waals surface area contributed by atoms with Gasteiger partial charge in [-0.3, -0.25) is 0 Å². The highest BCUT2D eigenvalue weighted by molar-refractivity contribution is 4.53. The zero-order chi connectivity index (χ0) is 9.98. The molecule has 0 amide bonds. The van der Waals surface area contributed by atoms with Gasteiger partial charge in [0.25, 0.3) is 0 Å². The van der Waals surface area contributed by atoms with Crippen molar-refractivity contribution in [1.29, 1.82) is 0 Å². The standard InChI is InChI=1S/C9H21N.C2H6/c1-5-6-7-10(4)8-9(2)3;1-2/h9H,5-8H2,1-4H3;1-2H3. The van der Waals surface area contributed by atoms with Crippen molar-refractivity contribution in [2.75, 3.05) is 20.1 Å². The molecular weight excluding hydrogens is 146 g/mol. The maximum atomic E-state index is 2.41. The third-order valence-electron chi connectivity index (χ3n) is 1.57. The molecule has 0 unspecified atom stereocenters. The van der Waals surface area contributed by atoms with E-state index in [2.05, 4.69) is 32.7 Å². The first kappa shape index (κ1) is 14.5. The van der Waals surface area contributed by atoms with Gasteiger partial charge in [-0.2, -0.15) is 0 Å². The summed E-state index contributed by atoms with van der Waals surface area (Å²) in [6.45, 7) is 13.3. The van der Waals surface area contributed by atoms with Gasteiger partial charge in [0.15, 0.2) is 0 Å². The summed E-state index contributed by atoms with van der Waals surface area (Å²) in [6, 6.07) is 0. The van der Waals surface area contributed by atoms with E-state index in [1.165, 1.54) is 25.9 Å². The summed E-state index contributed by atoms with van der Waals surface area (Å²) >= 11 is 0. The maximum Gasteiger partial charge on any atom is 0.000133 e. The quantitative estimate of drug-likeness (QED) is 0.616. The van der Waals surface area contributed by atoms with Crippen LogP contribution in [0.3, 0.4) is 0 Å². The molecule has 76 valence electrons. The molecule has 0 spiro atoms. The molecule has 0 N–H and O–H groups in total. The second kappa shape index (κ2) is 11.0. The minimum Gasteiger partial charge on any atom is -0.306 e. The summed E-state index contributed by atoms with van der Waals surface area (Å²) < 4.78 is 0. The lowest BCUT2D eigenvalue weighted by atomic mass is 10.2. The van der Waals surface area contributed by atoms with Gasteiger partial charge in [-0.25, -0.2) is 0 Å². The minimum atomic E-state index is 0.807. The molecule has 0 heterocycles. The van der Waals surface area contributed by atoms with Gasteiger partial charge in [0.1, 0.15) is 0 Å². The largest absolute Gasteiger partial charge is 0.306 e. The van der Waals surface area contributed by atoms with E-state index >= 15 is 0 Å². The van der Waals surface area contributed by atoms with Crippen LogP contribution < -0.4 is 0 Å². The molecule has 0 atom stereocenters. The molecule has 0 aliphatic carbocycles. The molecule has 0 aromatic heterocycles. The van der Waals surface area contributed by atoms with Crippen molar-refractivity contribution < 1.29 is 0 Å². The summed E-state index contributed by atoms with van der Waals surface area (Å²) in [5.74, 6) is 0.807. The molecule has 0 rings (SSSR count). The Morgan fingerprint density at radius 2 is 1.67 bits per heavy atom. The third kappa shape index (κ3) is 12.6. The first-order chi connectivity index (χ1) is 5.66. The zero-order valence-electron chi connectivity index (χ0n) is 9.85. The molecule has 12 heavy (non-hydrogen) atoms. The summed E-state index contributed by atoms with van der Waals surface area (Å²) in [5, 5.41) is 0. The molecule has 0 saturated carbocycles. The summed E-state index contributed by atoms with van der Waals surface area (Å²) in [6.07, 6.45) is 2.64. The Labute approximate surface area is 79.2 Å². The van der Waals surface area contributed by atoms with Gasteiger partial charge in [-0.15, -0.1) is 0 Å². The third-order valence-corrected chi connectivity index (χ3v) is 1.57. The van der Waals surface area contributed by atoms with Crippen LogP contribution in [0.25, 0.3) is 0 Å². The smallest absolute Gasteiger partial charge is 0.000133 e. The highest BCUT2D eigenvalue weighted by Crippen LogP contribution is 1.97.